The number of rotatable bonds is 2. The quantitative estimate of drug-likeness (QED) is 0.883. The van der Waals surface area contributed by atoms with Gasteiger partial charge >= 0.3 is 0 Å². The molecule has 0 spiro atoms. The van der Waals surface area contributed by atoms with Crippen LogP contribution in [0.1, 0.15) is 18.2 Å². The van der Waals surface area contributed by atoms with Crippen molar-refractivity contribution < 1.29 is 9.53 Å². The number of ether oxygens (including phenoxy) is 1. The molecular weight excluding hydrogens is 252 g/mol. The monoisotopic (exact) mass is 266 g/mol. The van der Waals surface area contributed by atoms with Crippen LogP contribution in [0.2, 0.25) is 5.02 Å². The second kappa shape index (κ2) is 4.88. The molecule has 0 radical (unpaired) electrons. The smallest absolute Gasteiger partial charge is 0.238 e. The van der Waals surface area contributed by atoms with E-state index in [1.54, 1.807) is 0 Å². The second-order valence-electron chi connectivity index (χ2n) is 4.66. The summed E-state index contributed by atoms with van der Waals surface area (Å²) in [5.41, 5.74) is 1.03. The summed E-state index contributed by atoms with van der Waals surface area (Å²) in [5.74, 6) is 0.135. The Balaban J connectivity index is 1.88. The van der Waals surface area contributed by atoms with E-state index in [4.69, 9.17) is 16.3 Å². The minimum Gasteiger partial charge on any atom is -0.379 e. The van der Waals surface area contributed by atoms with Gasteiger partial charge in [-0.3, -0.25) is 10.1 Å². The van der Waals surface area contributed by atoms with Crippen molar-refractivity contribution in [2.45, 2.75) is 18.6 Å². The molecule has 2 aliphatic heterocycles. The molecule has 1 aromatic rings. The first-order chi connectivity index (χ1) is 8.75. The molecule has 5 heteroatoms. The van der Waals surface area contributed by atoms with Crippen molar-refractivity contribution in [2.24, 2.45) is 0 Å². The molecule has 0 aliphatic carbocycles. The van der Waals surface area contributed by atoms with E-state index in [0.717, 1.165) is 18.6 Å². The summed E-state index contributed by atoms with van der Waals surface area (Å²) in [6.07, 6.45) is 0.827. The fourth-order valence-electron chi connectivity index (χ4n) is 2.63. The number of halogens is 1. The lowest BCUT2D eigenvalue weighted by atomic mass is 10.1. The standard InChI is InChI=1S/C13H15ClN2O2/c14-10-3-1-2-9(6-10)13-15-7-12(17)16(13)11-4-5-18-8-11/h1-3,6,11,13,15H,4-5,7-8H2. The number of nitrogens with one attached hydrogen (secondary N) is 1. The van der Waals surface area contributed by atoms with Gasteiger partial charge in [0.2, 0.25) is 5.91 Å². The maximum Gasteiger partial charge on any atom is 0.238 e. The van der Waals surface area contributed by atoms with Crippen LogP contribution in [-0.4, -0.2) is 36.6 Å². The Morgan fingerprint density at radius 2 is 2.33 bits per heavy atom. The van der Waals surface area contributed by atoms with E-state index in [-0.39, 0.29) is 18.1 Å². The first-order valence-corrected chi connectivity index (χ1v) is 6.51. The van der Waals surface area contributed by atoms with Crippen LogP contribution in [0.25, 0.3) is 0 Å². The van der Waals surface area contributed by atoms with Crippen LogP contribution >= 0.6 is 11.6 Å². The third-order valence-electron chi connectivity index (χ3n) is 3.48. The van der Waals surface area contributed by atoms with E-state index in [1.165, 1.54) is 0 Å². The van der Waals surface area contributed by atoms with Gasteiger partial charge in [-0.05, 0) is 24.1 Å². The molecule has 0 saturated carbocycles. The van der Waals surface area contributed by atoms with Gasteiger partial charge in [0.15, 0.2) is 0 Å². The Labute approximate surface area is 111 Å². The SMILES string of the molecule is O=C1CNC(c2cccc(Cl)c2)N1C1CCOC1. The van der Waals surface area contributed by atoms with Crippen LogP contribution in [0.4, 0.5) is 0 Å². The Morgan fingerprint density at radius 1 is 1.44 bits per heavy atom. The van der Waals surface area contributed by atoms with Crippen molar-refractivity contribution in [3.63, 3.8) is 0 Å². The Morgan fingerprint density at radius 3 is 3.06 bits per heavy atom. The molecular formula is C13H15ClN2O2. The van der Waals surface area contributed by atoms with Crippen molar-refractivity contribution in [1.82, 2.24) is 10.2 Å². The van der Waals surface area contributed by atoms with Crippen molar-refractivity contribution in [2.75, 3.05) is 19.8 Å². The summed E-state index contributed by atoms with van der Waals surface area (Å²) in [6.45, 7) is 1.74. The predicted molar refractivity (Wildman–Crippen MR) is 68.3 cm³/mol. The summed E-state index contributed by atoms with van der Waals surface area (Å²) >= 11 is 6.01. The number of nitrogens with zero attached hydrogens (tertiary/aromatic N) is 1. The summed E-state index contributed by atoms with van der Waals surface area (Å²) < 4.78 is 5.38. The average Bonchev–Trinajstić information content (AvgIpc) is 2.97. The Kier molecular flexibility index (Phi) is 3.24. The van der Waals surface area contributed by atoms with Crippen LogP contribution in [0.5, 0.6) is 0 Å². The largest absolute Gasteiger partial charge is 0.379 e. The Bertz CT molecular complexity index is 460. The normalized spacial score (nSPS) is 28.1. The van der Waals surface area contributed by atoms with E-state index in [9.17, 15) is 4.79 Å². The molecule has 3 rings (SSSR count). The molecule has 18 heavy (non-hydrogen) atoms. The average molecular weight is 267 g/mol. The lowest BCUT2D eigenvalue weighted by Gasteiger charge is -2.29. The number of benzene rings is 1. The van der Waals surface area contributed by atoms with Gasteiger partial charge in [0.1, 0.15) is 6.17 Å². The van der Waals surface area contributed by atoms with E-state index in [2.05, 4.69) is 5.32 Å². The minimum absolute atomic E-state index is 0.0806. The maximum absolute atomic E-state index is 12.0. The first kappa shape index (κ1) is 12.0. The molecule has 1 amide bonds. The van der Waals surface area contributed by atoms with Crippen LogP contribution in [0.15, 0.2) is 24.3 Å². The number of hydrogen-bond acceptors (Lipinski definition) is 3. The van der Waals surface area contributed by atoms with Gasteiger partial charge in [0, 0.05) is 11.6 Å². The molecule has 0 aromatic heterocycles. The van der Waals surface area contributed by atoms with E-state index in [1.807, 2.05) is 29.2 Å². The van der Waals surface area contributed by atoms with Gasteiger partial charge in [-0.15, -0.1) is 0 Å². The predicted octanol–water partition coefficient (Wildman–Crippen LogP) is 1.56. The minimum atomic E-state index is -0.0806. The highest BCUT2D eigenvalue weighted by Crippen LogP contribution is 2.29. The van der Waals surface area contributed by atoms with Crippen molar-refractivity contribution in [3.8, 4) is 0 Å². The van der Waals surface area contributed by atoms with Gasteiger partial charge in [0.25, 0.3) is 0 Å². The third kappa shape index (κ3) is 2.11. The second-order valence-corrected chi connectivity index (χ2v) is 5.09. The number of amides is 1. The molecule has 2 fully saturated rings. The zero-order valence-corrected chi connectivity index (χ0v) is 10.7. The maximum atomic E-state index is 12.0. The van der Waals surface area contributed by atoms with Crippen molar-refractivity contribution in [3.05, 3.63) is 34.9 Å². The highest BCUT2D eigenvalue weighted by atomic mass is 35.5. The highest BCUT2D eigenvalue weighted by molar-refractivity contribution is 6.30. The third-order valence-corrected chi connectivity index (χ3v) is 3.71. The van der Waals surface area contributed by atoms with Gasteiger partial charge in [0.05, 0.1) is 19.2 Å². The molecule has 2 heterocycles. The lowest BCUT2D eigenvalue weighted by molar-refractivity contribution is -0.130. The summed E-state index contributed by atoms with van der Waals surface area (Å²) in [7, 11) is 0. The Hall–Kier alpha value is -1.10. The number of carbonyl (C=O) groups excluding carboxylic acids is 1. The fraction of sp³-hybridized carbons (Fsp3) is 0.462. The van der Waals surface area contributed by atoms with Gasteiger partial charge < -0.3 is 9.64 Å². The fourth-order valence-corrected chi connectivity index (χ4v) is 2.83. The van der Waals surface area contributed by atoms with Crippen LogP contribution in [0.3, 0.4) is 0 Å². The molecule has 1 aromatic carbocycles. The number of carbonyl (C=O) groups is 1. The summed E-state index contributed by atoms with van der Waals surface area (Å²) in [4.78, 5) is 13.9. The van der Waals surface area contributed by atoms with Crippen molar-refractivity contribution in [1.29, 1.82) is 0 Å². The van der Waals surface area contributed by atoms with Crippen LogP contribution in [0, 0.1) is 0 Å². The molecule has 4 nitrogen and oxygen atoms in total. The molecule has 2 atom stereocenters. The lowest BCUT2D eigenvalue weighted by Crippen LogP contribution is -2.40. The van der Waals surface area contributed by atoms with Gasteiger partial charge in [-0.2, -0.15) is 0 Å². The topological polar surface area (TPSA) is 41.6 Å². The summed E-state index contributed by atoms with van der Waals surface area (Å²) in [5, 5.41) is 3.93. The molecule has 96 valence electrons. The van der Waals surface area contributed by atoms with Crippen LogP contribution < -0.4 is 5.32 Å². The molecule has 2 saturated heterocycles. The zero-order valence-electron chi connectivity index (χ0n) is 9.93. The first-order valence-electron chi connectivity index (χ1n) is 6.13. The van der Waals surface area contributed by atoms with Gasteiger partial charge in [-0.1, -0.05) is 23.7 Å². The van der Waals surface area contributed by atoms with E-state index < -0.39 is 0 Å². The summed E-state index contributed by atoms with van der Waals surface area (Å²) in [6, 6.07) is 7.82. The molecule has 0 bridgehead atoms. The zero-order chi connectivity index (χ0) is 12.5. The molecule has 1 N–H and O–H groups in total. The number of hydrogen-bond donors (Lipinski definition) is 1. The molecule has 2 aliphatic rings. The van der Waals surface area contributed by atoms with E-state index >= 15 is 0 Å². The highest BCUT2D eigenvalue weighted by Gasteiger charge is 2.38. The van der Waals surface area contributed by atoms with E-state index in [0.29, 0.717) is 18.2 Å². The molecule has 2 unspecified atom stereocenters. The van der Waals surface area contributed by atoms with Crippen molar-refractivity contribution >= 4 is 17.5 Å². The van der Waals surface area contributed by atoms with Gasteiger partial charge in [-0.25, -0.2) is 0 Å². The van der Waals surface area contributed by atoms with Crippen LogP contribution in [-0.2, 0) is 9.53 Å².